The average Bonchev–Trinajstić information content (AvgIpc) is 3.15. The molecule has 4 aromatic rings. The number of allylic oxidation sites excluding steroid dienone is 3. The Morgan fingerprint density at radius 3 is 2.52 bits per heavy atom. The number of carbonyl (C=O) groups excluding carboxylic acids is 2. The number of carbonyl (C=O) groups is 2. The Morgan fingerprint density at radius 1 is 1.03 bits per heavy atom. The molecule has 0 radical (unpaired) electrons. The fourth-order valence-electron chi connectivity index (χ4n) is 6.29. The van der Waals surface area contributed by atoms with Crippen molar-refractivity contribution in [2.75, 3.05) is 25.5 Å². The van der Waals surface area contributed by atoms with E-state index in [0.717, 1.165) is 27.5 Å². The lowest BCUT2D eigenvalue weighted by Crippen LogP contribution is -2.42. The number of nitrogens with zero attached hydrogens (tertiary/aromatic N) is 4. The Kier molecular flexibility index (Phi) is 14.2. The fourth-order valence-corrected chi connectivity index (χ4v) is 6.53. The second-order valence-electron chi connectivity index (χ2n) is 14.4. The predicted molar refractivity (Wildman–Crippen MR) is 214 cm³/mol. The minimum Gasteiger partial charge on any atom is -0.466 e. The first kappa shape index (κ1) is 43.2. The molecule has 2 aromatic heterocycles. The first-order valence-corrected chi connectivity index (χ1v) is 19.1. The first-order chi connectivity index (χ1) is 27.6. The summed E-state index contributed by atoms with van der Waals surface area (Å²) < 4.78 is 56.1. The summed E-state index contributed by atoms with van der Waals surface area (Å²) in [5.74, 6) is -4.76. The quantitative estimate of drug-likeness (QED) is 0.0655. The molecule has 2 heterocycles. The van der Waals surface area contributed by atoms with Crippen LogP contribution in [0.2, 0.25) is 0 Å². The lowest BCUT2D eigenvalue weighted by Gasteiger charge is -2.25. The Morgan fingerprint density at radius 2 is 1.79 bits per heavy atom. The van der Waals surface area contributed by atoms with Crippen LogP contribution in [0.4, 0.5) is 23.9 Å². The van der Waals surface area contributed by atoms with Crippen LogP contribution in [-0.4, -0.2) is 57.0 Å². The normalized spacial score (nSPS) is 13.7. The van der Waals surface area contributed by atoms with Crippen LogP contribution < -0.4 is 27.3 Å². The topological polar surface area (TPSA) is 158 Å². The number of rotatable bonds is 15. The molecular formula is C41H45ClF3N7O6. The van der Waals surface area contributed by atoms with Gasteiger partial charge in [-0.15, -0.1) is 0 Å². The average molecular weight is 824 g/mol. The van der Waals surface area contributed by atoms with E-state index in [-0.39, 0.29) is 48.8 Å². The summed E-state index contributed by atoms with van der Waals surface area (Å²) >= 11 is 6.76. The van der Waals surface area contributed by atoms with Gasteiger partial charge in [0.25, 0.3) is 0 Å². The molecule has 13 nitrogen and oxygen atoms in total. The van der Waals surface area contributed by atoms with Gasteiger partial charge in [0.2, 0.25) is 5.95 Å². The third-order valence-electron chi connectivity index (χ3n) is 8.97. The van der Waals surface area contributed by atoms with Crippen molar-refractivity contribution in [2.24, 2.45) is 0 Å². The number of nitrogens with one attached hydrogen (secondary N) is 3. The zero-order valence-electron chi connectivity index (χ0n) is 32.8. The number of amides is 1. The third kappa shape index (κ3) is 10.5. The third-order valence-corrected chi connectivity index (χ3v) is 9.31. The molecule has 308 valence electrons. The zero-order chi connectivity index (χ0) is 42.1. The van der Waals surface area contributed by atoms with Crippen LogP contribution in [0.1, 0.15) is 70.9 Å². The summed E-state index contributed by atoms with van der Waals surface area (Å²) in [4.78, 5) is 62.3. The van der Waals surface area contributed by atoms with Crippen molar-refractivity contribution in [3.05, 3.63) is 126 Å². The summed E-state index contributed by atoms with van der Waals surface area (Å²) in [5, 5.41) is 9.81. The van der Waals surface area contributed by atoms with Crippen LogP contribution in [0.15, 0.2) is 86.5 Å². The van der Waals surface area contributed by atoms with Gasteiger partial charge >= 0.3 is 23.4 Å². The molecule has 0 fully saturated rings. The highest BCUT2D eigenvalue weighted by molar-refractivity contribution is 6.32. The van der Waals surface area contributed by atoms with Crippen LogP contribution in [0.25, 0.3) is 16.5 Å². The van der Waals surface area contributed by atoms with Gasteiger partial charge in [-0.25, -0.2) is 32.1 Å². The van der Waals surface area contributed by atoms with Gasteiger partial charge in [0.1, 0.15) is 11.4 Å². The molecule has 0 saturated carbocycles. The number of esters is 1. The molecular weight excluding hydrogens is 779 g/mol. The second-order valence-corrected chi connectivity index (χ2v) is 14.8. The summed E-state index contributed by atoms with van der Waals surface area (Å²) in [6.07, 6.45) is 7.93. The smallest absolute Gasteiger partial charge is 0.407 e. The molecule has 0 spiro atoms. The number of anilines is 1. The van der Waals surface area contributed by atoms with Gasteiger partial charge in [0.15, 0.2) is 11.6 Å². The summed E-state index contributed by atoms with van der Waals surface area (Å²) in [6, 6.07) is 6.18. The number of halogens is 4. The van der Waals surface area contributed by atoms with Crippen LogP contribution in [0.5, 0.6) is 0 Å². The number of pyridine rings is 1. The van der Waals surface area contributed by atoms with E-state index in [1.54, 1.807) is 58.3 Å². The number of unbranched alkanes of at least 4 members (excludes halogenated alkanes) is 1. The van der Waals surface area contributed by atoms with Gasteiger partial charge in [-0.2, -0.15) is 4.98 Å². The fraction of sp³-hybridized carbons (Fsp3) is 0.366. The molecule has 2 aromatic carbocycles. The number of benzene rings is 2. The van der Waals surface area contributed by atoms with Crippen LogP contribution in [0, 0.1) is 17.5 Å². The van der Waals surface area contributed by atoms with Crippen molar-refractivity contribution in [2.45, 2.75) is 78.4 Å². The highest BCUT2D eigenvalue weighted by Crippen LogP contribution is 2.34. The van der Waals surface area contributed by atoms with Crippen LogP contribution in [-0.2, 0) is 27.2 Å². The molecule has 0 aliphatic heterocycles. The van der Waals surface area contributed by atoms with Crippen molar-refractivity contribution in [3.63, 3.8) is 0 Å². The van der Waals surface area contributed by atoms with Gasteiger partial charge < -0.3 is 25.4 Å². The predicted octanol–water partition coefficient (Wildman–Crippen LogP) is 6.89. The Labute approximate surface area is 337 Å². The molecule has 1 aliphatic carbocycles. The number of aromatic nitrogens is 4. The Bertz CT molecular complexity index is 2410. The van der Waals surface area contributed by atoms with Crippen LogP contribution in [0.3, 0.4) is 0 Å². The second kappa shape index (κ2) is 19.0. The molecule has 0 atom stereocenters. The van der Waals surface area contributed by atoms with Crippen molar-refractivity contribution in [1.29, 1.82) is 0 Å². The highest BCUT2D eigenvalue weighted by atomic mass is 35.5. The van der Waals surface area contributed by atoms with E-state index in [2.05, 4.69) is 25.9 Å². The van der Waals surface area contributed by atoms with Gasteiger partial charge in [0, 0.05) is 54.8 Å². The molecule has 58 heavy (non-hydrogen) atoms. The first-order valence-electron chi connectivity index (χ1n) is 18.7. The summed E-state index contributed by atoms with van der Waals surface area (Å²) in [5.41, 5.74) is -1.13. The van der Waals surface area contributed by atoms with Crippen molar-refractivity contribution in [3.8, 4) is 5.69 Å². The van der Waals surface area contributed by atoms with E-state index >= 15 is 4.39 Å². The monoisotopic (exact) mass is 823 g/mol. The molecule has 17 heteroatoms. The molecule has 0 unspecified atom stereocenters. The number of hydrogen-bond donors (Lipinski definition) is 3. The number of ether oxygens (including phenoxy) is 2. The summed E-state index contributed by atoms with van der Waals surface area (Å²) in [6.45, 7) is 6.83. The van der Waals surface area contributed by atoms with Crippen molar-refractivity contribution >= 4 is 40.4 Å². The van der Waals surface area contributed by atoms with Gasteiger partial charge in [-0.1, -0.05) is 49.2 Å². The van der Waals surface area contributed by atoms with Crippen molar-refractivity contribution in [1.82, 2.24) is 29.7 Å². The maximum Gasteiger partial charge on any atom is 0.407 e. The largest absolute Gasteiger partial charge is 0.466 e. The summed E-state index contributed by atoms with van der Waals surface area (Å²) in [7, 11) is 1.69. The number of aryl methyl sites for hydroxylation is 1. The minimum absolute atomic E-state index is 0.0171. The maximum absolute atomic E-state index is 15.2. The molecule has 0 bridgehead atoms. The molecule has 1 aliphatic rings. The van der Waals surface area contributed by atoms with Gasteiger partial charge in [-0.05, 0) is 69.2 Å². The van der Waals surface area contributed by atoms with Crippen molar-refractivity contribution < 1.29 is 32.2 Å². The number of fused-ring (bicyclic) bond motifs is 1. The maximum atomic E-state index is 15.2. The molecule has 1 amide bonds. The minimum atomic E-state index is -1.43. The lowest BCUT2D eigenvalue weighted by molar-refractivity contribution is -0.143. The Hall–Kier alpha value is -5.90. The van der Waals surface area contributed by atoms with E-state index in [1.807, 2.05) is 6.92 Å². The number of hydrogen-bond acceptors (Lipinski definition) is 10. The van der Waals surface area contributed by atoms with Crippen LogP contribution >= 0.6 is 11.6 Å². The van der Waals surface area contributed by atoms with Gasteiger partial charge in [-0.3, -0.25) is 14.3 Å². The zero-order valence-corrected chi connectivity index (χ0v) is 33.6. The highest BCUT2D eigenvalue weighted by Gasteiger charge is 2.25. The molecule has 5 rings (SSSR count). The van der Waals surface area contributed by atoms with E-state index in [0.29, 0.717) is 40.5 Å². The SMILES string of the molecule is CCCCOC(=O)CCc1cccc2cncc(-n3c(=O)nc(NC4=C(CCNC(=O)OC(C)(C)C)/C(=C/NC)CC=C4Cl)n(Cc4cc(F)c(F)cc4F)c3=O)c12. The number of alkyl carbamates (subject to hydrolysis) is 1. The van der Waals surface area contributed by atoms with Gasteiger partial charge in [0.05, 0.1) is 35.8 Å². The van der Waals surface area contributed by atoms with E-state index in [9.17, 15) is 28.0 Å². The van der Waals surface area contributed by atoms with E-state index in [1.165, 1.54) is 12.4 Å². The lowest BCUT2D eigenvalue weighted by atomic mass is 9.93. The van der Waals surface area contributed by atoms with E-state index < -0.39 is 64.6 Å². The molecule has 0 saturated heterocycles. The Balaban J connectivity index is 1.66. The van der Waals surface area contributed by atoms with E-state index in [4.69, 9.17) is 21.1 Å². The molecule has 3 N–H and O–H groups in total. The standard InChI is InChI=1S/C41H45ClF3N7O6/c1-6-7-17-57-34(53)14-12-24-9-8-10-26-21-47-22-33(35(24)26)52-38(54)50-37(51(40(52)56)23-27-18-31(44)32(45)19-30(27)43)49-36-28(25(20-46-5)11-13-29(36)42)15-16-48-39(55)58-41(2,3)4/h8-10,13,18-22,46H,6-7,11-12,14-17,23H2,1-5H3,(H,48,55)(H,49,50,54)/b25-20+.